The van der Waals surface area contributed by atoms with E-state index in [0.29, 0.717) is 10.7 Å². The number of nitrogens with zero attached hydrogens (tertiary/aromatic N) is 2. The lowest BCUT2D eigenvalue weighted by Gasteiger charge is -2.15. The van der Waals surface area contributed by atoms with Gasteiger partial charge in [-0.3, -0.25) is 0 Å². The molecule has 0 unspecified atom stereocenters. The van der Waals surface area contributed by atoms with Crippen molar-refractivity contribution in [3.05, 3.63) is 23.0 Å². The summed E-state index contributed by atoms with van der Waals surface area (Å²) in [7, 11) is 0. The van der Waals surface area contributed by atoms with Crippen molar-refractivity contribution >= 4 is 12.2 Å². The lowest BCUT2D eigenvalue weighted by Crippen LogP contribution is -3.11. The van der Waals surface area contributed by atoms with Crippen LogP contribution in [0.2, 0.25) is 0 Å². The normalized spacial score (nSPS) is 18.1. The van der Waals surface area contributed by atoms with Crippen LogP contribution in [-0.2, 0) is 6.67 Å². The summed E-state index contributed by atoms with van der Waals surface area (Å²) < 4.78 is 18.2. The molecule has 2 aromatic rings. The molecule has 122 valence electrons. The molecule has 1 saturated heterocycles. The van der Waals surface area contributed by atoms with Crippen molar-refractivity contribution in [2.24, 2.45) is 0 Å². The third-order valence-corrected chi connectivity index (χ3v) is 4.70. The summed E-state index contributed by atoms with van der Waals surface area (Å²) >= 11 is 5.34. The molecule has 7 heteroatoms. The van der Waals surface area contributed by atoms with Crippen LogP contribution in [0.4, 0.5) is 0 Å². The minimum absolute atomic E-state index is 0.259. The first-order valence-corrected chi connectivity index (χ1v) is 8.52. The fourth-order valence-electron chi connectivity index (χ4n) is 3.15. The van der Waals surface area contributed by atoms with Crippen LogP contribution in [0, 0.1) is 4.84 Å². The van der Waals surface area contributed by atoms with Gasteiger partial charge in [0.25, 0.3) is 4.84 Å². The van der Waals surface area contributed by atoms with Crippen LogP contribution in [-0.4, -0.2) is 29.7 Å². The Hall–Kier alpha value is -1.86. The smallest absolute Gasteiger partial charge is 0.292 e. The minimum atomic E-state index is 0.259. The molecule has 1 aromatic carbocycles. The Morgan fingerprint density at radius 1 is 1.09 bits per heavy atom. The van der Waals surface area contributed by atoms with Gasteiger partial charge in [0.2, 0.25) is 12.7 Å². The second kappa shape index (κ2) is 6.33. The van der Waals surface area contributed by atoms with E-state index in [1.54, 1.807) is 4.68 Å². The number of quaternary nitrogens is 1. The van der Waals surface area contributed by atoms with Crippen molar-refractivity contribution in [2.45, 2.75) is 32.4 Å². The van der Waals surface area contributed by atoms with E-state index in [-0.39, 0.29) is 6.79 Å². The highest BCUT2D eigenvalue weighted by Gasteiger charge is 2.18. The molecule has 2 aliphatic rings. The maximum Gasteiger partial charge on any atom is 0.292 e. The Labute approximate surface area is 139 Å². The lowest BCUT2D eigenvalue weighted by molar-refractivity contribution is -0.922. The van der Waals surface area contributed by atoms with Crippen molar-refractivity contribution in [3.63, 3.8) is 0 Å². The molecular formula is C16H20N3O3S+. The summed E-state index contributed by atoms with van der Waals surface area (Å²) in [6.07, 6.45) is 5.21. The summed E-state index contributed by atoms with van der Waals surface area (Å²) in [5.74, 6) is 2.00. The maximum atomic E-state index is 5.69. The van der Waals surface area contributed by atoms with Crippen LogP contribution < -0.4 is 14.4 Å². The number of ether oxygens (including phenoxy) is 2. The molecule has 0 aliphatic carbocycles. The molecule has 0 amide bonds. The summed E-state index contributed by atoms with van der Waals surface area (Å²) in [4.78, 5) is 1.94. The Balaban J connectivity index is 1.56. The average molecular weight is 334 g/mol. The Bertz CT molecular complexity index is 747. The Morgan fingerprint density at radius 2 is 1.87 bits per heavy atom. The molecule has 1 aromatic heterocycles. The molecule has 6 nitrogen and oxygen atoms in total. The van der Waals surface area contributed by atoms with E-state index in [9.17, 15) is 0 Å². The SMILES string of the molecule is S=c1oc(-c2ccc3c(c2)OCO3)nn1C[NH+]1CCCCCC1. The molecule has 23 heavy (non-hydrogen) atoms. The monoisotopic (exact) mass is 334 g/mol. The second-order valence-electron chi connectivity index (χ2n) is 6.06. The van der Waals surface area contributed by atoms with Crippen LogP contribution in [0.1, 0.15) is 25.7 Å². The first kappa shape index (κ1) is 14.7. The van der Waals surface area contributed by atoms with Crippen LogP contribution >= 0.6 is 12.2 Å². The van der Waals surface area contributed by atoms with Crippen molar-refractivity contribution in [2.75, 3.05) is 19.9 Å². The van der Waals surface area contributed by atoms with E-state index >= 15 is 0 Å². The van der Waals surface area contributed by atoms with Crippen LogP contribution in [0.15, 0.2) is 22.6 Å². The summed E-state index contributed by atoms with van der Waals surface area (Å²) in [5, 5.41) is 4.56. The van der Waals surface area contributed by atoms with E-state index in [0.717, 1.165) is 23.7 Å². The van der Waals surface area contributed by atoms with Crippen molar-refractivity contribution in [1.29, 1.82) is 0 Å². The third kappa shape index (κ3) is 3.11. The van der Waals surface area contributed by atoms with E-state index in [1.165, 1.54) is 43.7 Å². The van der Waals surface area contributed by atoms with Crippen LogP contribution in [0.5, 0.6) is 11.5 Å². The molecule has 0 atom stereocenters. The molecule has 2 aliphatic heterocycles. The van der Waals surface area contributed by atoms with Crippen molar-refractivity contribution in [1.82, 2.24) is 9.78 Å². The molecule has 1 fully saturated rings. The summed E-state index contributed by atoms with van der Waals surface area (Å²) in [6.45, 7) is 3.38. The molecule has 0 radical (unpaired) electrons. The van der Waals surface area contributed by atoms with Gasteiger partial charge in [0.15, 0.2) is 18.2 Å². The quantitative estimate of drug-likeness (QED) is 0.871. The van der Waals surface area contributed by atoms with Crippen LogP contribution in [0.25, 0.3) is 11.5 Å². The van der Waals surface area contributed by atoms with Gasteiger partial charge in [0, 0.05) is 5.56 Å². The lowest BCUT2D eigenvalue weighted by atomic mass is 10.2. The average Bonchev–Trinajstić information content (AvgIpc) is 3.07. The number of benzene rings is 1. The summed E-state index contributed by atoms with van der Waals surface area (Å²) in [5.41, 5.74) is 0.852. The Morgan fingerprint density at radius 3 is 2.70 bits per heavy atom. The molecule has 0 saturated carbocycles. The van der Waals surface area contributed by atoms with Gasteiger partial charge in [-0.2, -0.15) is 4.68 Å². The molecule has 3 heterocycles. The fourth-order valence-corrected chi connectivity index (χ4v) is 3.34. The highest BCUT2D eigenvalue weighted by molar-refractivity contribution is 7.71. The van der Waals surface area contributed by atoms with Crippen LogP contribution in [0.3, 0.4) is 0 Å². The number of fused-ring (bicyclic) bond motifs is 1. The maximum absolute atomic E-state index is 5.69. The van der Waals surface area contributed by atoms with Gasteiger partial charge in [-0.25, -0.2) is 0 Å². The third-order valence-electron chi connectivity index (χ3n) is 4.41. The van der Waals surface area contributed by atoms with E-state index in [4.69, 9.17) is 26.1 Å². The molecule has 0 spiro atoms. The first-order chi connectivity index (χ1) is 11.3. The molecular weight excluding hydrogens is 314 g/mol. The zero-order chi connectivity index (χ0) is 15.6. The minimum Gasteiger partial charge on any atom is -0.454 e. The predicted molar refractivity (Wildman–Crippen MR) is 86.1 cm³/mol. The van der Waals surface area contributed by atoms with Gasteiger partial charge in [-0.15, -0.1) is 5.10 Å². The Kier molecular flexibility index (Phi) is 4.05. The van der Waals surface area contributed by atoms with Gasteiger partial charge < -0.3 is 18.8 Å². The highest BCUT2D eigenvalue weighted by atomic mass is 32.1. The number of aromatic nitrogens is 2. The van der Waals surface area contributed by atoms with Gasteiger partial charge in [0.1, 0.15) is 0 Å². The zero-order valence-electron chi connectivity index (χ0n) is 12.9. The standard InChI is InChI=1S/C16H19N3O3S/c23-16-19(10-18-7-3-1-2-4-8-18)17-15(22-16)12-5-6-13-14(9-12)21-11-20-13/h5-6,9H,1-4,7-8,10-11H2/p+1. The number of likely N-dealkylation sites (tertiary alicyclic amines) is 1. The predicted octanol–water partition coefficient (Wildman–Crippen LogP) is 2.02. The second-order valence-corrected chi connectivity index (χ2v) is 6.41. The number of nitrogens with one attached hydrogen (secondary N) is 1. The fraction of sp³-hybridized carbons (Fsp3) is 0.500. The molecule has 0 bridgehead atoms. The zero-order valence-corrected chi connectivity index (χ0v) is 13.7. The number of hydrogen-bond donors (Lipinski definition) is 1. The van der Waals surface area contributed by atoms with Gasteiger partial charge in [-0.05, 0) is 56.1 Å². The molecule has 4 rings (SSSR count). The van der Waals surface area contributed by atoms with Crippen molar-refractivity contribution < 1.29 is 18.8 Å². The largest absolute Gasteiger partial charge is 0.454 e. The number of rotatable bonds is 3. The van der Waals surface area contributed by atoms with Crippen molar-refractivity contribution in [3.8, 4) is 23.0 Å². The number of hydrogen-bond acceptors (Lipinski definition) is 5. The van der Waals surface area contributed by atoms with Gasteiger partial charge in [-0.1, -0.05) is 0 Å². The summed E-state index contributed by atoms with van der Waals surface area (Å²) in [6, 6.07) is 5.67. The van der Waals surface area contributed by atoms with E-state index < -0.39 is 0 Å². The first-order valence-electron chi connectivity index (χ1n) is 8.11. The van der Waals surface area contributed by atoms with E-state index in [1.807, 2.05) is 18.2 Å². The van der Waals surface area contributed by atoms with Gasteiger partial charge in [0.05, 0.1) is 13.1 Å². The molecule has 1 N–H and O–H groups in total. The van der Waals surface area contributed by atoms with E-state index in [2.05, 4.69) is 5.10 Å². The topological polar surface area (TPSA) is 53.9 Å². The highest BCUT2D eigenvalue weighted by Crippen LogP contribution is 2.35. The van der Waals surface area contributed by atoms with Gasteiger partial charge >= 0.3 is 0 Å².